The summed E-state index contributed by atoms with van der Waals surface area (Å²) in [7, 11) is 0. The van der Waals surface area contributed by atoms with E-state index >= 15 is 0 Å². The first-order valence-corrected chi connectivity index (χ1v) is 7.09. The van der Waals surface area contributed by atoms with Crippen LogP contribution < -0.4 is 21.1 Å². The molecule has 0 bridgehead atoms. The summed E-state index contributed by atoms with van der Waals surface area (Å²) in [5.41, 5.74) is 7.29. The lowest BCUT2D eigenvalue weighted by Gasteiger charge is -2.17. The van der Waals surface area contributed by atoms with Crippen LogP contribution in [0.2, 0.25) is 0 Å². The van der Waals surface area contributed by atoms with Gasteiger partial charge in [0.05, 0.1) is 11.8 Å². The van der Waals surface area contributed by atoms with Crippen LogP contribution >= 0.6 is 0 Å². The molecule has 0 aliphatic heterocycles. The summed E-state index contributed by atoms with van der Waals surface area (Å²) in [6, 6.07) is 5.55. The molecule has 0 spiro atoms. The van der Waals surface area contributed by atoms with Crippen molar-refractivity contribution >= 4 is 17.3 Å². The van der Waals surface area contributed by atoms with Crippen molar-refractivity contribution in [1.29, 1.82) is 0 Å². The molecule has 0 saturated heterocycles. The Morgan fingerprint density at radius 2 is 2.05 bits per heavy atom. The maximum absolute atomic E-state index is 11.9. The van der Waals surface area contributed by atoms with Crippen LogP contribution in [-0.2, 0) is 4.79 Å². The first kappa shape index (κ1) is 14.5. The quantitative estimate of drug-likeness (QED) is 0.696. The maximum atomic E-state index is 11.9. The SMILES string of the molecule is CC(C)Oc1cc(NC(C)C(=O)NC2CC2)ccc1N. The summed E-state index contributed by atoms with van der Waals surface area (Å²) < 4.78 is 5.64. The second-order valence-corrected chi connectivity index (χ2v) is 5.57. The number of nitrogens with one attached hydrogen (secondary N) is 2. The molecule has 110 valence electrons. The van der Waals surface area contributed by atoms with Crippen LogP contribution in [-0.4, -0.2) is 24.1 Å². The minimum absolute atomic E-state index is 0.0238. The van der Waals surface area contributed by atoms with Gasteiger partial charge in [0.1, 0.15) is 11.8 Å². The Bertz CT molecular complexity index is 484. The predicted molar refractivity (Wildman–Crippen MR) is 80.9 cm³/mol. The van der Waals surface area contributed by atoms with E-state index in [0.717, 1.165) is 18.5 Å². The average Bonchev–Trinajstić information content (AvgIpc) is 3.16. The smallest absolute Gasteiger partial charge is 0.242 e. The topological polar surface area (TPSA) is 76.4 Å². The molecular formula is C15H23N3O2. The van der Waals surface area contributed by atoms with E-state index in [1.165, 1.54) is 0 Å². The van der Waals surface area contributed by atoms with Crippen LogP contribution in [0.4, 0.5) is 11.4 Å². The Morgan fingerprint density at radius 3 is 2.65 bits per heavy atom. The molecule has 1 unspecified atom stereocenters. The highest BCUT2D eigenvalue weighted by Crippen LogP contribution is 2.27. The Kier molecular flexibility index (Phi) is 4.37. The number of nitrogens with two attached hydrogens (primary N) is 1. The standard InChI is InChI=1S/C15H23N3O2/c1-9(2)20-14-8-12(6-7-13(14)16)17-10(3)15(19)18-11-4-5-11/h6-11,17H,4-5,16H2,1-3H3,(H,18,19). The lowest BCUT2D eigenvalue weighted by molar-refractivity contribution is -0.121. The Balaban J connectivity index is 1.98. The van der Waals surface area contributed by atoms with Crippen molar-refractivity contribution in [3.63, 3.8) is 0 Å². The Morgan fingerprint density at radius 1 is 1.35 bits per heavy atom. The zero-order chi connectivity index (χ0) is 14.7. The second-order valence-electron chi connectivity index (χ2n) is 5.57. The summed E-state index contributed by atoms with van der Waals surface area (Å²) in [6.07, 6.45) is 2.24. The summed E-state index contributed by atoms with van der Waals surface area (Å²) in [6.45, 7) is 5.74. The van der Waals surface area contributed by atoms with Crippen LogP contribution in [0.5, 0.6) is 5.75 Å². The van der Waals surface area contributed by atoms with Gasteiger partial charge in [-0.1, -0.05) is 0 Å². The van der Waals surface area contributed by atoms with Gasteiger partial charge in [-0.25, -0.2) is 0 Å². The molecule has 1 saturated carbocycles. The summed E-state index contributed by atoms with van der Waals surface area (Å²) in [5.74, 6) is 0.662. The molecule has 2 rings (SSSR count). The number of benzene rings is 1. The van der Waals surface area contributed by atoms with Crippen molar-refractivity contribution in [3.8, 4) is 5.75 Å². The molecule has 0 aromatic heterocycles. The predicted octanol–water partition coefficient (Wildman–Crippen LogP) is 2.13. The molecule has 1 fully saturated rings. The van der Waals surface area contributed by atoms with Crippen LogP contribution in [0.3, 0.4) is 0 Å². The number of ether oxygens (including phenoxy) is 1. The molecule has 0 heterocycles. The van der Waals surface area contributed by atoms with Gasteiger partial charge in [0, 0.05) is 17.8 Å². The van der Waals surface area contributed by atoms with Crippen molar-refractivity contribution in [1.82, 2.24) is 5.32 Å². The Labute approximate surface area is 119 Å². The molecular weight excluding hydrogens is 254 g/mol. The zero-order valence-corrected chi connectivity index (χ0v) is 12.3. The number of rotatable bonds is 6. The van der Waals surface area contributed by atoms with Gasteiger partial charge < -0.3 is 21.1 Å². The van der Waals surface area contributed by atoms with Gasteiger partial charge in [0.15, 0.2) is 0 Å². The molecule has 1 aromatic carbocycles. The molecule has 1 aliphatic carbocycles. The summed E-state index contributed by atoms with van der Waals surface area (Å²) in [4.78, 5) is 11.9. The monoisotopic (exact) mass is 277 g/mol. The third kappa shape index (κ3) is 4.05. The van der Waals surface area contributed by atoms with Gasteiger partial charge in [-0.3, -0.25) is 4.79 Å². The molecule has 1 aliphatic rings. The lowest BCUT2D eigenvalue weighted by atomic mass is 10.2. The molecule has 1 aromatic rings. The number of nitrogen functional groups attached to an aromatic ring is 1. The van der Waals surface area contributed by atoms with Crippen molar-refractivity contribution in [2.45, 2.75) is 51.8 Å². The minimum atomic E-state index is -0.286. The van der Waals surface area contributed by atoms with E-state index in [2.05, 4.69) is 10.6 Å². The van der Waals surface area contributed by atoms with Crippen LogP contribution in [0, 0.1) is 0 Å². The van der Waals surface area contributed by atoms with Crippen molar-refractivity contribution in [3.05, 3.63) is 18.2 Å². The third-order valence-electron chi connectivity index (χ3n) is 3.08. The highest BCUT2D eigenvalue weighted by atomic mass is 16.5. The summed E-state index contributed by atoms with van der Waals surface area (Å²) in [5, 5.41) is 6.14. The molecule has 5 nitrogen and oxygen atoms in total. The number of hydrogen-bond donors (Lipinski definition) is 3. The van der Waals surface area contributed by atoms with Crippen LogP contribution in [0.15, 0.2) is 18.2 Å². The number of carbonyl (C=O) groups excluding carboxylic acids is 1. The van der Waals surface area contributed by atoms with Crippen molar-refractivity contribution in [2.75, 3.05) is 11.1 Å². The van der Waals surface area contributed by atoms with E-state index < -0.39 is 0 Å². The second kappa shape index (κ2) is 6.03. The van der Waals surface area contributed by atoms with E-state index in [9.17, 15) is 4.79 Å². The first-order chi connectivity index (χ1) is 9.45. The number of amides is 1. The molecule has 1 amide bonds. The van der Waals surface area contributed by atoms with Gasteiger partial charge in [-0.15, -0.1) is 0 Å². The fourth-order valence-electron chi connectivity index (χ4n) is 1.85. The highest BCUT2D eigenvalue weighted by Gasteiger charge is 2.25. The van der Waals surface area contributed by atoms with Gasteiger partial charge in [0.25, 0.3) is 0 Å². The first-order valence-electron chi connectivity index (χ1n) is 7.09. The third-order valence-corrected chi connectivity index (χ3v) is 3.08. The van der Waals surface area contributed by atoms with Crippen LogP contribution in [0.1, 0.15) is 33.6 Å². The van der Waals surface area contributed by atoms with Gasteiger partial charge >= 0.3 is 0 Å². The average molecular weight is 277 g/mol. The summed E-state index contributed by atoms with van der Waals surface area (Å²) >= 11 is 0. The maximum Gasteiger partial charge on any atom is 0.242 e. The normalized spacial score (nSPS) is 15.8. The van der Waals surface area contributed by atoms with Gasteiger partial charge in [-0.05, 0) is 45.7 Å². The van der Waals surface area contributed by atoms with E-state index in [0.29, 0.717) is 17.5 Å². The fraction of sp³-hybridized carbons (Fsp3) is 0.533. The number of anilines is 2. The molecule has 20 heavy (non-hydrogen) atoms. The number of hydrogen-bond acceptors (Lipinski definition) is 4. The largest absolute Gasteiger partial charge is 0.489 e. The minimum Gasteiger partial charge on any atom is -0.489 e. The molecule has 1 atom stereocenters. The van der Waals surface area contributed by atoms with E-state index in [1.54, 1.807) is 6.07 Å². The molecule has 4 N–H and O–H groups in total. The van der Waals surface area contributed by atoms with Crippen molar-refractivity contribution in [2.24, 2.45) is 0 Å². The zero-order valence-electron chi connectivity index (χ0n) is 12.3. The van der Waals surface area contributed by atoms with E-state index in [-0.39, 0.29) is 18.1 Å². The van der Waals surface area contributed by atoms with Gasteiger partial charge in [0.2, 0.25) is 5.91 Å². The van der Waals surface area contributed by atoms with Crippen LogP contribution in [0.25, 0.3) is 0 Å². The van der Waals surface area contributed by atoms with Crippen molar-refractivity contribution < 1.29 is 9.53 Å². The van der Waals surface area contributed by atoms with E-state index in [1.807, 2.05) is 32.9 Å². The van der Waals surface area contributed by atoms with E-state index in [4.69, 9.17) is 10.5 Å². The highest BCUT2D eigenvalue weighted by molar-refractivity contribution is 5.84. The Hall–Kier alpha value is -1.91. The number of carbonyl (C=O) groups is 1. The fourth-order valence-corrected chi connectivity index (χ4v) is 1.85. The molecule has 0 radical (unpaired) electrons. The van der Waals surface area contributed by atoms with Gasteiger partial charge in [-0.2, -0.15) is 0 Å². The molecule has 5 heteroatoms. The lowest BCUT2D eigenvalue weighted by Crippen LogP contribution is -2.38.